The molecule has 2 aromatic rings. The van der Waals surface area contributed by atoms with Crippen LogP contribution < -0.4 is 26.3 Å². The van der Waals surface area contributed by atoms with Gasteiger partial charge in [0.2, 0.25) is 0 Å². The monoisotopic (exact) mass is 273 g/mol. The van der Waals surface area contributed by atoms with Crippen molar-refractivity contribution in [2.45, 2.75) is 6.54 Å². The number of methoxy groups -OCH3 is 2. The minimum atomic E-state index is 0.409. The second-order valence-corrected chi connectivity index (χ2v) is 4.31. The Bertz CT molecular complexity index is 600. The summed E-state index contributed by atoms with van der Waals surface area (Å²) in [6.45, 7) is 0.409. The van der Waals surface area contributed by atoms with Gasteiger partial charge < -0.3 is 26.3 Å². The highest BCUT2D eigenvalue weighted by Crippen LogP contribution is 2.29. The Morgan fingerprint density at radius 2 is 1.85 bits per heavy atom. The molecule has 0 aliphatic carbocycles. The van der Waals surface area contributed by atoms with Gasteiger partial charge in [-0.15, -0.1) is 0 Å². The molecular formula is C15H19N3O2. The molecule has 0 aromatic heterocycles. The standard InChI is InChI=1S/C15H19N3O2/c1-19-12-4-5-13(17)14(8-12)18-11-3-6-15(20-2)10(7-11)9-16/h3-8,18H,9,16-17H2,1-2H3. The van der Waals surface area contributed by atoms with E-state index in [1.54, 1.807) is 20.3 Å². The van der Waals surface area contributed by atoms with E-state index < -0.39 is 0 Å². The van der Waals surface area contributed by atoms with E-state index in [-0.39, 0.29) is 0 Å². The van der Waals surface area contributed by atoms with E-state index in [0.29, 0.717) is 12.2 Å². The molecule has 20 heavy (non-hydrogen) atoms. The lowest BCUT2D eigenvalue weighted by Gasteiger charge is -2.13. The topological polar surface area (TPSA) is 82.5 Å². The fraction of sp³-hybridized carbons (Fsp3) is 0.200. The van der Waals surface area contributed by atoms with E-state index in [9.17, 15) is 0 Å². The number of ether oxygens (including phenoxy) is 2. The van der Waals surface area contributed by atoms with Crippen LogP contribution in [0, 0.1) is 0 Å². The summed E-state index contributed by atoms with van der Waals surface area (Å²) in [6.07, 6.45) is 0. The number of rotatable bonds is 5. The summed E-state index contributed by atoms with van der Waals surface area (Å²) in [4.78, 5) is 0. The van der Waals surface area contributed by atoms with Crippen molar-refractivity contribution in [3.05, 3.63) is 42.0 Å². The summed E-state index contributed by atoms with van der Waals surface area (Å²) in [5.74, 6) is 1.52. The third kappa shape index (κ3) is 2.95. The van der Waals surface area contributed by atoms with Gasteiger partial charge in [0.05, 0.1) is 25.6 Å². The summed E-state index contributed by atoms with van der Waals surface area (Å²) in [7, 11) is 3.25. The fourth-order valence-corrected chi connectivity index (χ4v) is 1.94. The molecule has 5 N–H and O–H groups in total. The van der Waals surface area contributed by atoms with Crippen LogP contribution in [0.15, 0.2) is 36.4 Å². The summed E-state index contributed by atoms with van der Waals surface area (Å²) in [6, 6.07) is 11.2. The summed E-state index contributed by atoms with van der Waals surface area (Å²) in [5, 5.41) is 3.26. The van der Waals surface area contributed by atoms with Crippen molar-refractivity contribution < 1.29 is 9.47 Å². The van der Waals surface area contributed by atoms with Crippen LogP contribution in [0.25, 0.3) is 0 Å². The van der Waals surface area contributed by atoms with Gasteiger partial charge in [-0.1, -0.05) is 0 Å². The number of hydrogen-bond donors (Lipinski definition) is 3. The van der Waals surface area contributed by atoms with E-state index in [1.165, 1.54) is 0 Å². The zero-order valence-corrected chi connectivity index (χ0v) is 11.6. The van der Waals surface area contributed by atoms with Gasteiger partial charge in [-0.3, -0.25) is 0 Å². The van der Waals surface area contributed by atoms with Crippen molar-refractivity contribution in [1.82, 2.24) is 0 Å². The highest BCUT2D eigenvalue weighted by atomic mass is 16.5. The molecule has 0 aliphatic heterocycles. The summed E-state index contributed by atoms with van der Waals surface area (Å²) < 4.78 is 10.4. The van der Waals surface area contributed by atoms with Gasteiger partial charge >= 0.3 is 0 Å². The molecule has 2 aromatic carbocycles. The Kier molecular flexibility index (Phi) is 4.32. The Balaban J connectivity index is 2.30. The second-order valence-electron chi connectivity index (χ2n) is 4.31. The molecule has 0 saturated carbocycles. The zero-order valence-electron chi connectivity index (χ0n) is 11.6. The van der Waals surface area contributed by atoms with Crippen molar-refractivity contribution >= 4 is 17.1 Å². The van der Waals surface area contributed by atoms with Crippen molar-refractivity contribution in [2.75, 3.05) is 25.3 Å². The van der Waals surface area contributed by atoms with Gasteiger partial charge in [0.1, 0.15) is 11.5 Å². The van der Waals surface area contributed by atoms with Crippen LogP contribution >= 0.6 is 0 Å². The maximum Gasteiger partial charge on any atom is 0.123 e. The molecule has 0 amide bonds. The first-order chi connectivity index (χ1) is 9.67. The molecule has 0 atom stereocenters. The molecule has 0 aliphatic rings. The van der Waals surface area contributed by atoms with Gasteiger partial charge in [0.15, 0.2) is 0 Å². The normalized spacial score (nSPS) is 10.2. The number of nitrogens with one attached hydrogen (secondary N) is 1. The molecule has 106 valence electrons. The van der Waals surface area contributed by atoms with Crippen molar-refractivity contribution in [3.63, 3.8) is 0 Å². The first kappa shape index (κ1) is 14.0. The smallest absolute Gasteiger partial charge is 0.123 e. The lowest BCUT2D eigenvalue weighted by Crippen LogP contribution is -2.02. The molecule has 0 radical (unpaired) electrons. The third-order valence-corrected chi connectivity index (χ3v) is 3.04. The maximum atomic E-state index is 5.95. The minimum absolute atomic E-state index is 0.409. The van der Waals surface area contributed by atoms with E-state index in [0.717, 1.165) is 28.4 Å². The van der Waals surface area contributed by atoms with E-state index in [4.69, 9.17) is 20.9 Å². The van der Waals surface area contributed by atoms with Gasteiger partial charge in [0.25, 0.3) is 0 Å². The largest absolute Gasteiger partial charge is 0.497 e. The maximum absolute atomic E-state index is 5.95. The van der Waals surface area contributed by atoms with Crippen LogP contribution in [0.3, 0.4) is 0 Å². The predicted octanol–water partition coefficient (Wildman–Crippen LogP) is 2.49. The Labute approximate surface area is 118 Å². The predicted molar refractivity (Wildman–Crippen MR) is 81.6 cm³/mol. The van der Waals surface area contributed by atoms with Crippen molar-refractivity contribution in [3.8, 4) is 11.5 Å². The number of benzene rings is 2. The second kappa shape index (κ2) is 6.16. The third-order valence-electron chi connectivity index (χ3n) is 3.04. The lowest BCUT2D eigenvalue weighted by atomic mass is 10.1. The Morgan fingerprint density at radius 3 is 2.50 bits per heavy atom. The molecule has 5 heteroatoms. The highest BCUT2D eigenvalue weighted by molar-refractivity contribution is 5.74. The molecular weight excluding hydrogens is 254 g/mol. The van der Waals surface area contributed by atoms with Crippen molar-refractivity contribution in [1.29, 1.82) is 0 Å². The van der Waals surface area contributed by atoms with Gasteiger partial charge in [0, 0.05) is 23.9 Å². The Morgan fingerprint density at radius 1 is 1.05 bits per heavy atom. The summed E-state index contributed by atoms with van der Waals surface area (Å²) >= 11 is 0. The van der Waals surface area contributed by atoms with E-state index >= 15 is 0 Å². The Hall–Kier alpha value is -2.40. The summed E-state index contributed by atoms with van der Waals surface area (Å²) in [5.41, 5.74) is 14.9. The fourth-order valence-electron chi connectivity index (χ4n) is 1.94. The van der Waals surface area contributed by atoms with Crippen LogP contribution in [0.5, 0.6) is 11.5 Å². The van der Waals surface area contributed by atoms with Crippen LogP contribution in [0.4, 0.5) is 17.1 Å². The van der Waals surface area contributed by atoms with Crippen LogP contribution in [0.1, 0.15) is 5.56 Å². The molecule has 2 rings (SSSR count). The van der Waals surface area contributed by atoms with E-state index in [2.05, 4.69) is 5.32 Å². The SMILES string of the molecule is COc1ccc(N)c(Nc2ccc(OC)c(CN)c2)c1. The van der Waals surface area contributed by atoms with Gasteiger partial charge in [-0.2, -0.15) is 0 Å². The molecule has 0 bridgehead atoms. The quantitative estimate of drug-likeness (QED) is 0.729. The average molecular weight is 273 g/mol. The lowest BCUT2D eigenvalue weighted by molar-refractivity contribution is 0.410. The average Bonchev–Trinajstić information content (AvgIpc) is 2.49. The highest BCUT2D eigenvalue weighted by Gasteiger charge is 2.06. The number of hydrogen-bond acceptors (Lipinski definition) is 5. The van der Waals surface area contributed by atoms with Crippen LogP contribution in [-0.4, -0.2) is 14.2 Å². The zero-order chi connectivity index (χ0) is 14.5. The first-order valence-corrected chi connectivity index (χ1v) is 6.25. The molecule has 0 unspecified atom stereocenters. The molecule has 0 saturated heterocycles. The van der Waals surface area contributed by atoms with Gasteiger partial charge in [-0.05, 0) is 30.3 Å². The number of nitrogens with two attached hydrogens (primary N) is 2. The molecule has 0 fully saturated rings. The number of anilines is 3. The van der Waals surface area contributed by atoms with Crippen LogP contribution in [-0.2, 0) is 6.54 Å². The van der Waals surface area contributed by atoms with E-state index in [1.807, 2.05) is 30.3 Å². The molecule has 0 spiro atoms. The van der Waals surface area contributed by atoms with Crippen LogP contribution in [0.2, 0.25) is 0 Å². The van der Waals surface area contributed by atoms with Gasteiger partial charge in [-0.25, -0.2) is 0 Å². The minimum Gasteiger partial charge on any atom is -0.497 e. The van der Waals surface area contributed by atoms with Crippen molar-refractivity contribution in [2.24, 2.45) is 5.73 Å². The molecule has 5 nitrogen and oxygen atoms in total. The first-order valence-electron chi connectivity index (χ1n) is 6.25. The molecule has 0 heterocycles. The number of nitrogen functional groups attached to an aromatic ring is 1.